The topological polar surface area (TPSA) is 219 Å². The molecule has 0 aliphatic carbocycles. The number of hydrogen-bond donors (Lipinski definition) is 6. The van der Waals surface area contributed by atoms with Gasteiger partial charge in [-0.05, 0) is 0 Å². The van der Waals surface area contributed by atoms with Crippen molar-refractivity contribution in [2.75, 3.05) is 0 Å². The van der Waals surface area contributed by atoms with Crippen molar-refractivity contribution < 1.29 is 101 Å². The molecular weight excluding hydrogens is 413 g/mol. The van der Waals surface area contributed by atoms with Gasteiger partial charge >= 0.3 is 15.6 Å². The summed E-state index contributed by atoms with van der Waals surface area (Å²) in [5.41, 5.74) is 0. The minimum atomic E-state index is -4.64. The van der Waals surface area contributed by atoms with Crippen molar-refractivity contribution in [3.05, 3.63) is 0 Å². The van der Waals surface area contributed by atoms with Crippen LogP contribution < -0.4 is 0 Å². The van der Waals surface area contributed by atoms with Gasteiger partial charge < -0.3 is 40.3 Å². The van der Waals surface area contributed by atoms with Crippen LogP contribution in [0.1, 0.15) is 0 Å². The summed E-state index contributed by atoms with van der Waals surface area (Å²) in [6.45, 7) is 0. The van der Waals surface area contributed by atoms with Gasteiger partial charge in [-0.15, -0.1) is 0 Å². The summed E-state index contributed by atoms with van der Waals surface area (Å²) in [4.78, 5) is 43.1. The van der Waals surface area contributed by atoms with Gasteiger partial charge in [-0.3, -0.25) is 0 Å². The summed E-state index contributed by atoms with van der Waals surface area (Å²) in [7, 11) is -9.28. The zero-order valence-corrected chi connectivity index (χ0v) is 10.9. The van der Waals surface area contributed by atoms with Crippen LogP contribution in [-0.4, -0.2) is 40.3 Å². The zero-order valence-electron chi connectivity index (χ0n) is 6.30. The SMILES string of the molecule is O.O.O=P(O)(O)O.O=P(O)(O)O.[Cu].[Cu].[Cu]. The molecule has 0 unspecified atom stereocenters. The summed E-state index contributed by atoms with van der Waals surface area (Å²) in [5, 5.41) is 0. The van der Waals surface area contributed by atoms with Gasteiger partial charge in [-0.25, -0.2) is 9.13 Å². The minimum Gasteiger partial charge on any atom is -0.412 e. The van der Waals surface area contributed by atoms with Gasteiger partial charge in [0.25, 0.3) is 0 Å². The first-order chi connectivity index (χ1) is 4.00. The molecule has 10 N–H and O–H groups in total. The number of phosphoric acid groups is 2. The fraction of sp³-hybridized carbons (Fsp3) is 0. The summed E-state index contributed by atoms with van der Waals surface area (Å²) in [5.74, 6) is 0. The van der Waals surface area contributed by atoms with Crippen molar-refractivity contribution in [3.63, 3.8) is 0 Å². The van der Waals surface area contributed by atoms with Crippen LogP contribution in [0.5, 0.6) is 0 Å². The van der Waals surface area contributed by atoms with E-state index in [-0.39, 0.29) is 62.2 Å². The van der Waals surface area contributed by atoms with Crippen molar-refractivity contribution in [1.29, 1.82) is 0 Å². The van der Waals surface area contributed by atoms with E-state index in [1.54, 1.807) is 0 Å². The first-order valence-corrected chi connectivity index (χ1v) is 4.70. The molecule has 0 rings (SSSR count). The van der Waals surface area contributed by atoms with E-state index in [4.69, 9.17) is 38.5 Å². The Bertz CT molecular complexity index is 131. The summed E-state index contributed by atoms with van der Waals surface area (Å²) in [6.07, 6.45) is 0. The molecule has 10 nitrogen and oxygen atoms in total. The van der Waals surface area contributed by atoms with E-state index in [0.717, 1.165) is 0 Å². The molecule has 0 aliphatic rings. The summed E-state index contributed by atoms with van der Waals surface area (Å²) in [6, 6.07) is 0. The Labute approximate surface area is 116 Å². The zero-order chi connectivity index (χ0) is 9.00. The van der Waals surface area contributed by atoms with Crippen molar-refractivity contribution in [1.82, 2.24) is 0 Å². The standard InChI is InChI=1S/3Cu.2H3O4P.2H2O/c;;;2*1-5(2,3)4;;/h;;;2*(H3,1,2,3,4);2*1H2. The maximum atomic E-state index is 8.88. The van der Waals surface area contributed by atoms with Crippen LogP contribution in [0.3, 0.4) is 0 Å². The second kappa shape index (κ2) is 18.1. The first kappa shape index (κ1) is 43.8. The quantitative estimate of drug-likeness (QED) is 0.169. The fourth-order valence-corrected chi connectivity index (χ4v) is 0. The first-order valence-electron chi connectivity index (χ1n) is 1.57. The largest absolute Gasteiger partial charge is 0.466 e. The molecule has 0 fully saturated rings. The van der Waals surface area contributed by atoms with Crippen LogP contribution in [0, 0.1) is 0 Å². The van der Waals surface area contributed by atoms with Gasteiger partial charge in [0.15, 0.2) is 0 Å². The van der Waals surface area contributed by atoms with Gasteiger partial charge in [0.1, 0.15) is 0 Å². The van der Waals surface area contributed by atoms with Crippen molar-refractivity contribution in [2.24, 2.45) is 0 Å². The van der Waals surface area contributed by atoms with Crippen LogP contribution in [0.4, 0.5) is 0 Å². The van der Waals surface area contributed by atoms with E-state index >= 15 is 0 Å². The van der Waals surface area contributed by atoms with Crippen molar-refractivity contribution in [3.8, 4) is 0 Å². The maximum absolute atomic E-state index is 8.88. The van der Waals surface area contributed by atoms with E-state index in [0.29, 0.717) is 0 Å². The molecule has 0 heterocycles. The van der Waals surface area contributed by atoms with Crippen LogP contribution in [0.25, 0.3) is 0 Å². The van der Waals surface area contributed by atoms with Gasteiger partial charge in [-0.1, -0.05) is 0 Å². The van der Waals surface area contributed by atoms with Gasteiger partial charge in [-0.2, -0.15) is 0 Å². The van der Waals surface area contributed by atoms with Crippen LogP contribution >= 0.6 is 15.6 Å². The minimum absolute atomic E-state index is 0. The summed E-state index contributed by atoms with van der Waals surface area (Å²) < 4.78 is 17.8. The predicted molar refractivity (Wildman–Crippen MR) is 35.8 cm³/mol. The molecule has 0 amide bonds. The molecule has 15 heteroatoms. The molecule has 0 aromatic rings. The second-order valence-electron chi connectivity index (χ2n) is 1.03. The Morgan fingerprint density at radius 3 is 0.533 bits per heavy atom. The van der Waals surface area contributed by atoms with E-state index in [9.17, 15) is 0 Å². The molecule has 0 saturated carbocycles. The predicted octanol–water partition coefficient (Wildman–Crippen LogP) is -3.51. The average Bonchev–Trinajstić information content (AvgIpc) is 1.12. The Morgan fingerprint density at radius 1 is 0.533 bits per heavy atom. The molecule has 0 spiro atoms. The Morgan fingerprint density at radius 2 is 0.533 bits per heavy atom. The van der Waals surface area contributed by atoms with Crippen LogP contribution in [-0.2, 0) is 60.3 Å². The van der Waals surface area contributed by atoms with E-state index < -0.39 is 15.6 Å². The third kappa shape index (κ3) is 1020. The van der Waals surface area contributed by atoms with Crippen LogP contribution in [0.15, 0.2) is 0 Å². The van der Waals surface area contributed by atoms with Gasteiger partial charge in [0.05, 0.1) is 0 Å². The van der Waals surface area contributed by atoms with Crippen molar-refractivity contribution >= 4 is 15.6 Å². The van der Waals surface area contributed by atoms with E-state index in [1.807, 2.05) is 0 Å². The molecule has 0 atom stereocenters. The molecule has 0 aromatic carbocycles. The Kier molecular flexibility index (Phi) is 52.7. The number of hydrogen-bond acceptors (Lipinski definition) is 2. The normalized spacial score (nSPS) is 7.87. The average molecular weight is 423 g/mol. The number of rotatable bonds is 0. The van der Waals surface area contributed by atoms with E-state index in [1.165, 1.54) is 0 Å². The third-order valence-corrected chi connectivity index (χ3v) is 0. The molecule has 0 bridgehead atoms. The molecule has 0 aliphatic heterocycles. The molecular formula is H10Cu3O10P2. The van der Waals surface area contributed by atoms with Crippen LogP contribution in [0.2, 0.25) is 0 Å². The molecule has 0 aromatic heterocycles. The third-order valence-electron chi connectivity index (χ3n) is 0. The summed E-state index contributed by atoms with van der Waals surface area (Å²) >= 11 is 0. The fourth-order valence-electron chi connectivity index (χ4n) is 0. The Balaban J connectivity index is -0.0000000128. The Hall–Kier alpha value is 1.70. The van der Waals surface area contributed by atoms with Gasteiger partial charge in [0, 0.05) is 51.2 Å². The van der Waals surface area contributed by atoms with Gasteiger partial charge in [0.2, 0.25) is 0 Å². The molecule has 3 radical (unpaired) electrons. The molecule has 0 saturated heterocycles. The van der Waals surface area contributed by atoms with E-state index in [2.05, 4.69) is 0 Å². The molecule has 15 heavy (non-hydrogen) atoms. The van der Waals surface area contributed by atoms with Crippen molar-refractivity contribution in [2.45, 2.75) is 0 Å². The monoisotopic (exact) mass is 421 g/mol. The maximum Gasteiger partial charge on any atom is 0.466 e. The smallest absolute Gasteiger partial charge is 0.412 e. The molecule has 113 valence electrons. The second-order valence-corrected chi connectivity index (χ2v) is 3.08.